The minimum atomic E-state index is -0.544. The van der Waals surface area contributed by atoms with Gasteiger partial charge in [-0.05, 0) is 30.3 Å². The van der Waals surface area contributed by atoms with Gasteiger partial charge in [0.25, 0.3) is 5.91 Å². The molecule has 0 unspecified atom stereocenters. The lowest BCUT2D eigenvalue weighted by molar-refractivity contribution is -0.118. The smallest absolute Gasteiger partial charge is 0.262 e. The van der Waals surface area contributed by atoms with Gasteiger partial charge in [0.2, 0.25) is 0 Å². The second-order valence-electron chi connectivity index (χ2n) is 6.35. The van der Waals surface area contributed by atoms with Crippen molar-refractivity contribution < 1.29 is 13.9 Å². The maximum atomic E-state index is 13.3. The molecule has 4 nitrogen and oxygen atoms in total. The van der Waals surface area contributed by atoms with Crippen LogP contribution in [0.15, 0.2) is 78.9 Å². The van der Waals surface area contributed by atoms with Gasteiger partial charge >= 0.3 is 0 Å². The Morgan fingerprint density at radius 2 is 1.76 bits per heavy atom. The number of benzene rings is 3. The Labute approximate surface area is 171 Å². The van der Waals surface area contributed by atoms with Crippen LogP contribution in [0.4, 0.5) is 10.1 Å². The van der Waals surface area contributed by atoms with Crippen molar-refractivity contribution in [2.24, 2.45) is 0 Å². The van der Waals surface area contributed by atoms with Gasteiger partial charge in [-0.1, -0.05) is 54.1 Å². The number of nitrogens with one attached hydrogen (secondary N) is 1. The summed E-state index contributed by atoms with van der Waals surface area (Å²) in [7, 11) is 0. The van der Waals surface area contributed by atoms with E-state index < -0.39 is 5.82 Å². The molecule has 144 valence electrons. The third kappa shape index (κ3) is 4.36. The third-order valence-electron chi connectivity index (χ3n) is 4.31. The van der Waals surface area contributed by atoms with Crippen LogP contribution in [0, 0.1) is 5.82 Å². The molecule has 1 N–H and O–H groups in total. The van der Waals surface area contributed by atoms with Crippen molar-refractivity contribution in [3.63, 3.8) is 0 Å². The fourth-order valence-corrected chi connectivity index (χ4v) is 3.11. The molecule has 3 aromatic carbocycles. The predicted octanol–water partition coefficient (Wildman–Crippen LogP) is 5.71. The Hall–Kier alpha value is -3.44. The van der Waals surface area contributed by atoms with E-state index in [9.17, 15) is 9.18 Å². The van der Waals surface area contributed by atoms with E-state index in [1.807, 2.05) is 60.7 Å². The molecule has 0 saturated heterocycles. The molecule has 0 aliphatic heterocycles. The second kappa shape index (κ2) is 8.29. The SMILES string of the molecule is O=C(COc1cc(-c2ccccc2)nc2ccccc12)Nc1ccc(F)c(Cl)c1. The second-order valence-corrected chi connectivity index (χ2v) is 6.76. The number of pyridine rings is 1. The highest BCUT2D eigenvalue weighted by molar-refractivity contribution is 6.31. The Morgan fingerprint density at radius 3 is 2.55 bits per heavy atom. The maximum Gasteiger partial charge on any atom is 0.262 e. The maximum absolute atomic E-state index is 13.3. The van der Waals surface area contributed by atoms with Crippen LogP contribution in [0.5, 0.6) is 5.75 Å². The molecule has 0 aliphatic carbocycles. The van der Waals surface area contributed by atoms with E-state index in [2.05, 4.69) is 10.3 Å². The lowest BCUT2D eigenvalue weighted by Crippen LogP contribution is -2.20. The van der Waals surface area contributed by atoms with Gasteiger partial charge in [0.05, 0.1) is 16.2 Å². The molecule has 0 fully saturated rings. The summed E-state index contributed by atoms with van der Waals surface area (Å²) in [5.74, 6) is -0.366. The van der Waals surface area contributed by atoms with Crippen LogP contribution in [0.2, 0.25) is 5.02 Å². The van der Waals surface area contributed by atoms with Crippen molar-refractivity contribution in [2.75, 3.05) is 11.9 Å². The summed E-state index contributed by atoms with van der Waals surface area (Å²) in [6.07, 6.45) is 0. The third-order valence-corrected chi connectivity index (χ3v) is 4.60. The highest BCUT2D eigenvalue weighted by Crippen LogP contribution is 2.30. The first-order valence-electron chi connectivity index (χ1n) is 8.93. The molecule has 6 heteroatoms. The highest BCUT2D eigenvalue weighted by atomic mass is 35.5. The molecule has 1 amide bonds. The number of rotatable bonds is 5. The number of nitrogens with zero attached hydrogens (tertiary/aromatic N) is 1. The molecule has 0 spiro atoms. The molecule has 0 atom stereocenters. The lowest BCUT2D eigenvalue weighted by atomic mass is 10.1. The largest absolute Gasteiger partial charge is 0.483 e. The Kier molecular flexibility index (Phi) is 5.40. The van der Waals surface area contributed by atoms with E-state index in [4.69, 9.17) is 16.3 Å². The monoisotopic (exact) mass is 406 g/mol. The fraction of sp³-hybridized carbons (Fsp3) is 0.0435. The molecule has 0 radical (unpaired) electrons. The number of halogens is 2. The summed E-state index contributed by atoms with van der Waals surface area (Å²) in [5, 5.41) is 3.39. The first-order valence-corrected chi connectivity index (χ1v) is 9.31. The van der Waals surface area contributed by atoms with Crippen LogP contribution in [0.25, 0.3) is 22.2 Å². The van der Waals surface area contributed by atoms with Gasteiger partial charge in [-0.3, -0.25) is 4.79 Å². The first-order chi connectivity index (χ1) is 14.1. The highest BCUT2D eigenvalue weighted by Gasteiger charge is 2.11. The van der Waals surface area contributed by atoms with Crippen molar-refractivity contribution in [1.82, 2.24) is 4.98 Å². The van der Waals surface area contributed by atoms with Gasteiger partial charge in [-0.25, -0.2) is 9.37 Å². The number of carbonyl (C=O) groups is 1. The van der Waals surface area contributed by atoms with Gasteiger partial charge < -0.3 is 10.1 Å². The number of fused-ring (bicyclic) bond motifs is 1. The van der Waals surface area contributed by atoms with E-state index in [1.165, 1.54) is 18.2 Å². The Bertz CT molecular complexity index is 1180. The Balaban J connectivity index is 1.56. The number of aromatic nitrogens is 1. The molecule has 1 heterocycles. The minimum absolute atomic E-state index is 0.0589. The number of para-hydroxylation sites is 1. The predicted molar refractivity (Wildman–Crippen MR) is 113 cm³/mol. The van der Waals surface area contributed by atoms with Crippen molar-refractivity contribution in [3.8, 4) is 17.0 Å². The van der Waals surface area contributed by atoms with Crippen LogP contribution in [-0.2, 0) is 4.79 Å². The van der Waals surface area contributed by atoms with Gasteiger partial charge in [-0.15, -0.1) is 0 Å². The average Bonchev–Trinajstić information content (AvgIpc) is 2.75. The van der Waals surface area contributed by atoms with Gasteiger partial charge in [0.1, 0.15) is 11.6 Å². The molecule has 1 aromatic heterocycles. The van der Waals surface area contributed by atoms with Crippen LogP contribution < -0.4 is 10.1 Å². The molecule has 4 rings (SSSR count). The number of hydrogen-bond acceptors (Lipinski definition) is 3. The molecule has 29 heavy (non-hydrogen) atoms. The fourth-order valence-electron chi connectivity index (χ4n) is 2.93. The van der Waals surface area contributed by atoms with E-state index in [0.29, 0.717) is 11.4 Å². The van der Waals surface area contributed by atoms with Crippen LogP contribution >= 0.6 is 11.6 Å². The normalized spacial score (nSPS) is 10.7. The molecule has 0 bridgehead atoms. The average molecular weight is 407 g/mol. The number of ether oxygens (including phenoxy) is 1. The summed E-state index contributed by atoms with van der Waals surface area (Å²) < 4.78 is 19.1. The Morgan fingerprint density at radius 1 is 1.00 bits per heavy atom. The van der Waals surface area contributed by atoms with Gasteiger partial charge in [0, 0.05) is 22.7 Å². The van der Waals surface area contributed by atoms with E-state index in [1.54, 1.807) is 0 Å². The van der Waals surface area contributed by atoms with Crippen molar-refractivity contribution in [2.45, 2.75) is 0 Å². The van der Waals surface area contributed by atoms with Crippen molar-refractivity contribution in [3.05, 3.63) is 89.7 Å². The first kappa shape index (κ1) is 18.9. The summed E-state index contributed by atoms with van der Waals surface area (Å²) in [5.41, 5.74) is 2.88. The molecule has 0 aliphatic rings. The molecule has 0 saturated carbocycles. The van der Waals surface area contributed by atoms with Crippen LogP contribution in [0.3, 0.4) is 0 Å². The molecule has 4 aromatic rings. The van der Waals surface area contributed by atoms with E-state index in [0.717, 1.165) is 22.2 Å². The van der Waals surface area contributed by atoms with E-state index >= 15 is 0 Å². The zero-order chi connectivity index (χ0) is 20.2. The minimum Gasteiger partial charge on any atom is -0.483 e. The standard InChI is InChI=1S/C23H16ClFN2O2/c24-18-12-16(10-11-19(18)25)26-23(28)14-29-22-13-21(15-6-2-1-3-7-15)27-20-9-5-4-8-17(20)22/h1-13H,14H2,(H,26,28). The molecular weight excluding hydrogens is 391 g/mol. The topological polar surface area (TPSA) is 51.2 Å². The number of anilines is 1. The lowest BCUT2D eigenvalue weighted by Gasteiger charge is -2.12. The summed E-state index contributed by atoms with van der Waals surface area (Å²) in [6.45, 7) is -0.211. The van der Waals surface area contributed by atoms with Crippen molar-refractivity contribution >= 4 is 34.1 Å². The van der Waals surface area contributed by atoms with Gasteiger partial charge in [-0.2, -0.15) is 0 Å². The summed E-state index contributed by atoms with van der Waals surface area (Å²) in [6, 6.07) is 23.1. The number of amides is 1. The van der Waals surface area contributed by atoms with Crippen molar-refractivity contribution in [1.29, 1.82) is 0 Å². The quantitative estimate of drug-likeness (QED) is 0.461. The number of carbonyl (C=O) groups excluding carboxylic acids is 1. The van der Waals surface area contributed by atoms with Gasteiger partial charge in [0.15, 0.2) is 6.61 Å². The van der Waals surface area contributed by atoms with E-state index in [-0.39, 0.29) is 17.5 Å². The number of hydrogen-bond donors (Lipinski definition) is 1. The van der Waals surface area contributed by atoms with Crippen LogP contribution in [-0.4, -0.2) is 17.5 Å². The summed E-state index contributed by atoms with van der Waals surface area (Å²) in [4.78, 5) is 17.0. The zero-order valence-corrected chi connectivity index (χ0v) is 16.0. The zero-order valence-electron chi connectivity index (χ0n) is 15.2. The molecular formula is C23H16ClFN2O2. The van der Waals surface area contributed by atoms with Crippen LogP contribution in [0.1, 0.15) is 0 Å². The summed E-state index contributed by atoms with van der Waals surface area (Å²) >= 11 is 5.75.